The van der Waals surface area contributed by atoms with Crippen molar-refractivity contribution in [3.63, 3.8) is 0 Å². The van der Waals surface area contributed by atoms with E-state index in [1.807, 2.05) is 47.8 Å². The Bertz CT molecular complexity index is 1830. The fourth-order valence-electron chi connectivity index (χ4n) is 6.21. The Morgan fingerprint density at radius 2 is 1.83 bits per heavy atom. The van der Waals surface area contributed by atoms with E-state index >= 15 is 0 Å². The molecule has 0 spiro atoms. The number of thiophene rings is 1. The predicted molar refractivity (Wildman–Crippen MR) is 182 cm³/mol. The van der Waals surface area contributed by atoms with Gasteiger partial charge in [0.2, 0.25) is 11.8 Å². The minimum atomic E-state index is -0.892. The molecule has 3 heterocycles. The minimum absolute atomic E-state index is 0.0857. The van der Waals surface area contributed by atoms with Crippen molar-refractivity contribution >= 4 is 51.0 Å². The average Bonchev–Trinajstić information content (AvgIpc) is 3.48. The molecule has 248 valence electrons. The molecule has 2 saturated heterocycles. The van der Waals surface area contributed by atoms with Gasteiger partial charge in [0.15, 0.2) is 0 Å². The zero-order chi connectivity index (χ0) is 33.8. The lowest BCUT2D eigenvalue weighted by Crippen LogP contribution is -2.76. The van der Waals surface area contributed by atoms with Crippen LogP contribution in [0.2, 0.25) is 0 Å². The summed E-state index contributed by atoms with van der Waals surface area (Å²) in [5.41, 5.74) is 3.17. The molecular formula is C35H36N6O6S. The molecule has 1 aromatic heterocycles. The molecule has 2 fully saturated rings. The van der Waals surface area contributed by atoms with Crippen LogP contribution >= 0.6 is 11.3 Å². The van der Waals surface area contributed by atoms with Crippen molar-refractivity contribution in [2.24, 2.45) is 0 Å². The Morgan fingerprint density at radius 3 is 2.56 bits per heavy atom. The minimum Gasteiger partial charge on any atom is -0.508 e. The average molecular weight is 669 g/mol. The molecule has 2 atom stereocenters. The fraction of sp³-hybridized carbons (Fsp3) is 0.257. The molecule has 4 aromatic rings. The Hall–Kier alpha value is -5.40. The number of carbonyl (C=O) groups is 4. The van der Waals surface area contributed by atoms with Crippen molar-refractivity contribution in [3.05, 3.63) is 108 Å². The molecule has 0 aliphatic carbocycles. The quantitative estimate of drug-likeness (QED) is 0.223. The summed E-state index contributed by atoms with van der Waals surface area (Å²) < 4.78 is 5.62. The lowest BCUT2D eigenvalue weighted by molar-refractivity contribution is -0.189. The third kappa shape index (κ3) is 6.82. The van der Waals surface area contributed by atoms with Crippen LogP contribution in [-0.4, -0.2) is 87.8 Å². The number of hydrogen-bond donors (Lipinski definition) is 3. The fourth-order valence-corrected chi connectivity index (χ4v) is 7.20. The Labute approximate surface area is 281 Å². The maximum Gasteiger partial charge on any atom is 0.411 e. The van der Waals surface area contributed by atoms with Crippen LogP contribution in [0.3, 0.4) is 0 Å². The summed E-state index contributed by atoms with van der Waals surface area (Å²) in [6.07, 6.45) is 0.480. The summed E-state index contributed by atoms with van der Waals surface area (Å²) in [7, 11) is 1.30. The summed E-state index contributed by atoms with van der Waals surface area (Å²) in [4.78, 5) is 57.1. The van der Waals surface area contributed by atoms with Crippen LogP contribution in [0.15, 0.2) is 90.8 Å². The van der Waals surface area contributed by atoms with Gasteiger partial charge in [-0.2, -0.15) is 0 Å². The molecule has 1 unspecified atom stereocenters. The number of phenolic OH excluding ortho intramolecular Hbond substituents is 1. The van der Waals surface area contributed by atoms with Crippen molar-refractivity contribution < 1.29 is 29.0 Å². The lowest BCUT2D eigenvalue weighted by Gasteiger charge is -2.55. The second kappa shape index (κ2) is 14.2. The number of fused-ring (bicyclic) bond motifs is 2. The number of benzene rings is 3. The van der Waals surface area contributed by atoms with E-state index in [0.717, 1.165) is 26.8 Å². The summed E-state index contributed by atoms with van der Waals surface area (Å²) >= 11 is 1.49. The van der Waals surface area contributed by atoms with Crippen LogP contribution in [0.5, 0.6) is 5.75 Å². The van der Waals surface area contributed by atoms with Crippen LogP contribution < -0.4 is 10.6 Å². The van der Waals surface area contributed by atoms with E-state index in [1.54, 1.807) is 56.2 Å². The van der Waals surface area contributed by atoms with Gasteiger partial charge in [-0.1, -0.05) is 54.6 Å². The molecule has 5 amide bonds. The number of ether oxygens (including phenoxy) is 1. The SMILES string of the molecule is C=CCN1CC(=O)N2C(CN(Cc3csc4cc(NC(=O)OC)ccc34)C(=O)[C@@H]2Cc2ccc(O)cc2)N1C(=O)NCc1ccccc1. The van der Waals surface area contributed by atoms with E-state index in [-0.39, 0.29) is 56.7 Å². The first-order valence-corrected chi connectivity index (χ1v) is 16.3. The highest BCUT2D eigenvalue weighted by molar-refractivity contribution is 7.17. The summed E-state index contributed by atoms with van der Waals surface area (Å²) in [5.74, 6) is -0.409. The molecule has 6 rings (SSSR count). The number of piperazine rings is 1. The van der Waals surface area contributed by atoms with Crippen LogP contribution in [-0.2, 0) is 33.8 Å². The Balaban J connectivity index is 1.34. The zero-order valence-corrected chi connectivity index (χ0v) is 27.2. The van der Waals surface area contributed by atoms with Crippen molar-refractivity contribution in [2.75, 3.05) is 32.1 Å². The highest BCUT2D eigenvalue weighted by atomic mass is 32.1. The van der Waals surface area contributed by atoms with E-state index in [9.17, 15) is 24.3 Å². The number of hydrazine groups is 1. The number of hydrogen-bond acceptors (Lipinski definition) is 8. The molecule has 12 nitrogen and oxygen atoms in total. The summed E-state index contributed by atoms with van der Waals surface area (Å²) in [6.45, 7) is 4.61. The molecule has 2 aliphatic heterocycles. The van der Waals surface area contributed by atoms with Gasteiger partial charge in [0.1, 0.15) is 18.0 Å². The van der Waals surface area contributed by atoms with Crippen molar-refractivity contribution in [1.82, 2.24) is 25.1 Å². The highest BCUT2D eigenvalue weighted by Crippen LogP contribution is 2.33. The molecular weight excluding hydrogens is 632 g/mol. The maximum absolute atomic E-state index is 14.3. The van der Waals surface area contributed by atoms with Gasteiger partial charge < -0.3 is 25.0 Å². The van der Waals surface area contributed by atoms with E-state index in [4.69, 9.17) is 4.74 Å². The summed E-state index contributed by atoms with van der Waals surface area (Å²) in [5, 5.41) is 21.6. The first-order valence-electron chi connectivity index (χ1n) is 15.5. The molecule has 3 N–H and O–H groups in total. The first kappa shape index (κ1) is 32.5. The largest absolute Gasteiger partial charge is 0.508 e. The number of nitrogens with zero attached hydrogens (tertiary/aromatic N) is 4. The van der Waals surface area contributed by atoms with Gasteiger partial charge in [0.05, 0.1) is 20.2 Å². The number of anilines is 1. The predicted octanol–water partition coefficient (Wildman–Crippen LogP) is 4.52. The standard InChI is InChI=1S/C35H36N6O6S/c1-3-15-39-21-32(43)40-29(16-23-9-12-27(42)13-10-23)33(44)38(20-31(40)41(39)34(45)36-18-24-7-5-4-6-8-24)19-25-22-48-30-17-26(11-14-28(25)30)37-35(46)47-2/h3-14,17,22,29,31,42H,1,15-16,18-21H2,2H3,(H,36,45)(H,37,46)/t29-,31?/m0/s1. The van der Waals surface area contributed by atoms with Gasteiger partial charge in [0.25, 0.3) is 0 Å². The molecule has 2 aliphatic rings. The second-order valence-corrected chi connectivity index (χ2v) is 12.5. The van der Waals surface area contributed by atoms with Gasteiger partial charge in [-0.15, -0.1) is 17.9 Å². The Kier molecular flexibility index (Phi) is 9.60. The molecule has 0 radical (unpaired) electrons. The number of urea groups is 1. The molecule has 0 bridgehead atoms. The molecule has 13 heteroatoms. The lowest BCUT2D eigenvalue weighted by atomic mass is 9.98. The van der Waals surface area contributed by atoms with Gasteiger partial charge in [-0.25, -0.2) is 19.6 Å². The van der Waals surface area contributed by atoms with Crippen LogP contribution in [0.25, 0.3) is 10.1 Å². The smallest absolute Gasteiger partial charge is 0.411 e. The molecule has 3 aromatic carbocycles. The number of methoxy groups -OCH3 is 1. The van der Waals surface area contributed by atoms with Gasteiger partial charge in [-0.05, 0) is 51.7 Å². The van der Waals surface area contributed by atoms with Crippen LogP contribution in [0.1, 0.15) is 16.7 Å². The van der Waals surface area contributed by atoms with Crippen molar-refractivity contribution in [1.29, 1.82) is 0 Å². The number of rotatable bonds is 9. The van der Waals surface area contributed by atoms with E-state index in [0.29, 0.717) is 5.69 Å². The number of phenols is 1. The second-order valence-electron chi connectivity index (χ2n) is 11.6. The van der Waals surface area contributed by atoms with Crippen molar-refractivity contribution in [2.45, 2.75) is 31.7 Å². The van der Waals surface area contributed by atoms with Crippen LogP contribution in [0.4, 0.5) is 15.3 Å². The van der Waals surface area contributed by atoms with Crippen molar-refractivity contribution in [3.8, 4) is 5.75 Å². The normalized spacial score (nSPS) is 18.1. The number of carbonyl (C=O) groups excluding carboxylic acids is 4. The van der Waals surface area contributed by atoms with Gasteiger partial charge >= 0.3 is 12.1 Å². The van der Waals surface area contributed by atoms with E-state index in [1.165, 1.54) is 18.4 Å². The molecule has 0 saturated carbocycles. The van der Waals surface area contributed by atoms with Gasteiger partial charge in [-0.3, -0.25) is 14.9 Å². The first-order chi connectivity index (χ1) is 23.2. The Morgan fingerprint density at radius 1 is 1.06 bits per heavy atom. The number of aromatic hydroxyl groups is 1. The van der Waals surface area contributed by atoms with Gasteiger partial charge in [0, 0.05) is 36.4 Å². The third-order valence-corrected chi connectivity index (χ3v) is 9.47. The highest BCUT2D eigenvalue weighted by Gasteiger charge is 2.51. The van der Waals surface area contributed by atoms with E-state index in [2.05, 4.69) is 17.2 Å². The number of amides is 5. The number of nitrogens with one attached hydrogen (secondary N) is 2. The molecule has 48 heavy (non-hydrogen) atoms. The third-order valence-electron chi connectivity index (χ3n) is 8.48. The monoisotopic (exact) mass is 668 g/mol. The van der Waals surface area contributed by atoms with Crippen LogP contribution in [0, 0.1) is 0 Å². The van der Waals surface area contributed by atoms with E-state index < -0.39 is 24.3 Å². The zero-order valence-electron chi connectivity index (χ0n) is 26.4. The topological polar surface area (TPSA) is 135 Å². The summed E-state index contributed by atoms with van der Waals surface area (Å²) in [6, 6.07) is 20.3. The maximum atomic E-state index is 14.3.